The van der Waals surface area contributed by atoms with Gasteiger partial charge in [-0.1, -0.05) is 39.0 Å². The zero-order chi connectivity index (χ0) is 14.5. The molecule has 1 aliphatic heterocycles. The van der Waals surface area contributed by atoms with Crippen LogP contribution in [0.15, 0.2) is 0 Å². The van der Waals surface area contributed by atoms with Gasteiger partial charge in [0, 0.05) is 12.1 Å². The van der Waals surface area contributed by atoms with Gasteiger partial charge in [-0.15, -0.1) is 0 Å². The highest BCUT2D eigenvalue weighted by Crippen LogP contribution is 2.27. The average molecular weight is 280 g/mol. The van der Waals surface area contributed by atoms with Crippen LogP contribution >= 0.6 is 0 Å². The van der Waals surface area contributed by atoms with Crippen molar-refractivity contribution in [2.45, 2.75) is 89.8 Å². The lowest BCUT2D eigenvalue weighted by Crippen LogP contribution is -2.46. The van der Waals surface area contributed by atoms with Crippen LogP contribution in [0.2, 0.25) is 0 Å². The molecule has 2 rings (SSSR count). The summed E-state index contributed by atoms with van der Waals surface area (Å²) < 4.78 is 0. The second kappa shape index (κ2) is 7.21. The Balaban J connectivity index is 1.90. The maximum atomic E-state index is 12.5. The third kappa shape index (κ3) is 3.60. The lowest BCUT2D eigenvalue weighted by Gasteiger charge is -2.30. The molecule has 4 nitrogen and oxygen atoms in total. The zero-order valence-corrected chi connectivity index (χ0v) is 12.9. The first-order valence-electron chi connectivity index (χ1n) is 8.25. The van der Waals surface area contributed by atoms with E-state index in [1.165, 1.54) is 6.42 Å². The molecule has 2 fully saturated rings. The predicted molar refractivity (Wildman–Crippen MR) is 79.3 cm³/mol. The van der Waals surface area contributed by atoms with Crippen molar-refractivity contribution in [3.05, 3.63) is 0 Å². The number of hydrogen-bond donors (Lipinski definition) is 1. The average Bonchev–Trinajstić information content (AvgIpc) is 2.72. The van der Waals surface area contributed by atoms with E-state index in [4.69, 9.17) is 0 Å². The molecular formula is C16H28N2O2. The van der Waals surface area contributed by atoms with Gasteiger partial charge in [0.25, 0.3) is 0 Å². The fraction of sp³-hybridized carbons (Fsp3) is 0.875. The van der Waals surface area contributed by atoms with E-state index < -0.39 is 0 Å². The van der Waals surface area contributed by atoms with Crippen LogP contribution in [0, 0.1) is 0 Å². The van der Waals surface area contributed by atoms with Gasteiger partial charge in [-0.05, 0) is 26.2 Å². The van der Waals surface area contributed by atoms with Gasteiger partial charge in [0.15, 0.2) is 0 Å². The summed E-state index contributed by atoms with van der Waals surface area (Å²) in [6.45, 7) is 4.28. The Morgan fingerprint density at radius 2 is 1.95 bits per heavy atom. The van der Waals surface area contributed by atoms with Crippen molar-refractivity contribution in [2.75, 3.05) is 0 Å². The Morgan fingerprint density at radius 1 is 1.25 bits per heavy atom. The van der Waals surface area contributed by atoms with Crippen LogP contribution < -0.4 is 5.32 Å². The maximum absolute atomic E-state index is 12.5. The molecule has 2 unspecified atom stereocenters. The second-order valence-corrected chi connectivity index (χ2v) is 6.36. The minimum atomic E-state index is -0.281. The molecule has 2 aliphatic rings. The normalized spacial score (nSPS) is 26.3. The number of unbranched alkanes of at least 4 members (excludes halogenated alkanes) is 1. The molecule has 1 saturated carbocycles. The smallest absolute Gasteiger partial charge is 0.247 e. The van der Waals surface area contributed by atoms with Gasteiger partial charge >= 0.3 is 0 Å². The van der Waals surface area contributed by atoms with Crippen LogP contribution in [0.25, 0.3) is 0 Å². The molecule has 0 aromatic carbocycles. The Bertz CT molecular complexity index is 350. The molecule has 114 valence electrons. The molecule has 0 spiro atoms. The van der Waals surface area contributed by atoms with Crippen molar-refractivity contribution in [1.29, 1.82) is 0 Å². The number of amides is 2. The summed E-state index contributed by atoms with van der Waals surface area (Å²) in [6, 6.07) is 0.195. The highest BCUT2D eigenvalue weighted by molar-refractivity contribution is 6.05. The summed E-state index contributed by atoms with van der Waals surface area (Å²) >= 11 is 0. The van der Waals surface area contributed by atoms with E-state index in [0.29, 0.717) is 12.5 Å². The first-order chi connectivity index (χ1) is 9.63. The Morgan fingerprint density at radius 3 is 2.60 bits per heavy atom. The number of carbonyl (C=O) groups is 2. The Kier molecular flexibility index (Phi) is 5.58. The molecule has 1 heterocycles. The summed E-state index contributed by atoms with van der Waals surface area (Å²) in [5.41, 5.74) is 0. The van der Waals surface area contributed by atoms with E-state index >= 15 is 0 Å². The quantitative estimate of drug-likeness (QED) is 0.761. The minimum Gasteiger partial charge on any atom is -0.303 e. The van der Waals surface area contributed by atoms with Crippen molar-refractivity contribution < 1.29 is 9.59 Å². The van der Waals surface area contributed by atoms with Gasteiger partial charge in [0.05, 0.1) is 12.5 Å². The molecule has 1 saturated heterocycles. The number of rotatable bonds is 6. The number of imide groups is 1. The number of likely N-dealkylation sites (tertiary alicyclic amines) is 1. The van der Waals surface area contributed by atoms with Gasteiger partial charge in [-0.2, -0.15) is 0 Å². The largest absolute Gasteiger partial charge is 0.303 e. The van der Waals surface area contributed by atoms with Gasteiger partial charge < -0.3 is 5.32 Å². The molecule has 20 heavy (non-hydrogen) atoms. The summed E-state index contributed by atoms with van der Waals surface area (Å²) in [4.78, 5) is 26.2. The van der Waals surface area contributed by atoms with Crippen LogP contribution in [-0.4, -0.2) is 34.8 Å². The van der Waals surface area contributed by atoms with Crippen LogP contribution in [0.3, 0.4) is 0 Å². The standard InChI is InChI=1S/C16H28N2O2/c1-3-4-8-12(2)17-14-11-15(19)18(16(14)20)13-9-6-5-7-10-13/h12-14,17H,3-11H2,1-2H3. The van der Waals surface area contributed by atoms with Crippen molar-refractivity contribution in [1.82, 2.24) is 10.2 Å². The molecule has 0 bridgehead atoms. The summed E-state index contributed by atoms with van der Waals surface area (Å²) in [7, 11) is 0. The highest BCUT2D eigenvalue weighted by Gasteiger charge is 2.42. The number of nitrogens with zero attached hydrogens (tertiary/aromatic N) is 1. The minimum absolute atomic E-state index is 0.0187. The van der Waals surface area contributed by atoms with E-state index in [-0.39, 0.29) is 23.9 Å². The lowest BCUT2D eigenvalue weighted by atomic mass is 9.94. The first-order valence-corrected chi connectivity index (χ1v) is 8.25. The molecule has 4 heteroatoms. The molecule has 1 aliphatic carbocycles. The van der Waals surface area contributed by atoms with Gasteiger partial charge in [-0.3, -0.25) is 14.5 Å². The van der Waals surface area contributed by atoms with E-state index in [0.717, 1.165) is 44.9 Å². The summed E-state index contributed by atoms with van der Waals surface area (Å²) in [6.07, 6.45) is 9.27. The fourth-order valence-electron chi connectivity index (χ4n) is 3.44. The Labute approximate surface area is 122 Å². The topological polar surface area (TPSA) is 49.4 Å². The van der Waals surface area contributed by atoms with Gasteiger partial charge in [0.2, 0.25) is 11.8 Å². The molecule has 0 aromatic heterocycles. The third-order valence-corrected chi connectivity index (χ3v) is 4.60. The van der Waals surface area contributed by atoms with Crippen LogP contribution in [0.4, 0.5) is 0 Å². The molecule has 2 amide bonds. The van der Waals surface area contributed by atoms with Crippen molar-refractivity contribution >= 4 is 11.8 Å². The maximum Gasteiger partial charge on any atom is 0.247 e. The molecule has 0 radical (unpaired) electrons. The monoisotopic (exact) mass is 280 g/mol. The van der Waals surface area contributed by atoms with Crippen LogP contribution in [0.1, 0.15) is 71.6 Å². The molecule has 2 atom stereocenters. The number of nitrogens with one attached hydrogen (secondary N) is 1. The van der Waals surface area contributed by atoms with E-state index in [9.17, 15) is 9.59 Å². The van der Waals surface area contributed by atoms with Crippen molar-refractivity contribution in [3.8, 4) is 0 Å². The Hall–Kier alpha value is -0.900. The predicted octanol–water partition coefficient (Wildman–Crippen LogP) is 2.61. The summed E-state index contributed by atoms with van der Waals surface area (Å²) in [5, 5.41) is 3.35. The fourth-order valence-corrected chi connectivity index (χ4v) is 3.44. The zero-order valence-electron chi connectivity index (χ0n) is 12.9. The molecule has 1 N–H and O–H groups in total. The van der Waals surface area contributed by atoms with Crippen LogP contribution in [0.5, 0.6) is 0 Å². The van der Waals surface area contributed by atoms with Crippen molar-refractivity contribution in [2.24, 2.45) is 0 Å². The lowest BCUT2D eigenvalue weighted by molar-refractivity contribution is -0.142. The SMILES string of the molecule is CCCCC(C)NC1CC(=O)N(C2CCCCC2)C1=O. The summed E-state index contributed by atoms with van der Waals surface area (Å²) in [5.74, 6) is 0.0485. The van der Waals surface area contributed by atoms with Crippen molar-refractivity contribution in [3.63, 3.8) is 0 Å². The van der Waals surface area contributed by atoms with Crippen LogP contribution in [-0.2, 0) is 9.59 Å². The first kappa shape index (κ1) is 15.5. The molecule has 0 aromatic rings. The van der Waals surface area contributed by atoms with Gasteiger partial charge in [0.1, 0.15) is 0 Å². The highest BCUT2D eigenvalue weighted by atomic mass is 16.2. The molecular weight excluding hydrogens is 252 g/mol. The van der Waals surface area contributed by atoms with E-state index in [1.807, 2.05) is 0 Å². The second-order valence-electron chi connectivity index (χ2n) is 6.36. The van der Waals surface area contributed by atoms with Gasteiger partial charge in [-0.25, -0.2) is 0 Å². The van der Waals surface area contributed by atoms with E-state index in [2.05, 4.69) is 19.2 Å². The third-order valence-electron chi connectivity index (χ3n) is 4.60. The van der Waals surface area contributed by atoms with E-state index in [1.54, 1.807) is 4.90 Å². The number of hydrogen-bond acceptors (Lipinski definition) is 3. The number of carbonyl (C=O) groups excluding carboxylic acids is 2.